The summed E-state index contributed by atoms with van der Waals surface area (Å²) in [7, 11) is 0. The van der Waals surface area contributed by atoms with Crippen LogP contribution in [0.4, 0.5) is 13.2 Å². The van der Waals surface area contributed by atoms with E-state index in [0.29, 0.717) is 11.7 Å². The van der Waals surface area contributed by atoms with E-state index in [0.717, 1.165) is 11.8 Å². The van der Waals surface area contributed by atoms with Gasteiger partial charge in [-0.05, 0) is 6.92 Å². The van der Waals surface area contributed by atoms with Crippen molar-refractivity contribution in [2.45, 2.75) is 49.3 Å². The number of thioether (sulfide) groups is 1. The zero-order chi connectivity index (χ0) is 14.2. The van der Waals surface area contributed by atoms with Crippen LogP contribution in [0.1, 0.15) is 13.3 Å². The Balaban J connectivity index is 2.08. The third-order valence-corrected chi connectivity index (χ3v) is 4.06. The predicted molar refractivity (Wildman–Crippen MR) is 63.8 cm³/mol. The van der Waals surface area contributed by atoms with Gasteiger partial charge < -0.3 is 20.3 Å². The van der Waals surface area contributed by atoms with E-state index in [1.807, 2.05) is 6.92 Å². The van der Waals surface area contributed by atoms with E-state index in [4.69, 9.17) is 4.74 Å². The lowest BCUT2D eigenvalue weighted by Crippen LogP contribution is -2.59. The molecule has 0 aromatic carbocycles. The number of aliphatic imine (C=N–C) groups is 1. The summed E-state index contributed by atoms with van der Waals surface area (Å²) in [5, 5.41) is 22.9. The number of hydrogen-bond acceptors (Lipinski definition) is 5. The normalized spacial score (nSPS) is 41.2. The van der Waals surface area contributed by atoms with Crippen LogP contribution in [-0.2, 0) is 4.74 Å². The molecule has 0 bridgehead atoms. The van der Waals surface area contributed by atoms with Crippen LogP contribution < -0.4 is 5.32 Å². The Kier molecular flexibility index (Phi) is 4.29. The maximum atomic E-state index is 12.4. The van der Waals surface area contributed by atoms with Gasteiger partial charge in [-0.15, -0.1) is 0 Å². The number of ether oxygens (including phenoxy) is 1. The average Bonchev–Trinajstić information content (AvgIpc) is 2.67. The monoisotopic (exact) mass is 300 g/mol. The summed E-state index contributed by atoms with van der Waals surface area (Å²) in [5.41, 5.74) is -0.670. The topological polar surface area (TPSA) is 74.1 Å². The predicted octanol–water partition coefficient (Wildman–Crippen LogP) is 0.466. The highest BCUT2D eigenvalue weighted by Crippen LogP contribution is 2.37. The fraction of sp³-hybridized carbons (Fsp3) is 0.900. The van der Waals surface area contributed by atoms with Gasteiger partial charge in [0, 0.05) is 6.54 Å². The number of aliphatic hydroxyl groups is 2. The SMILES string of the molecule is CCN=C1N[C@@H]2[C@@H](O)[C@H](O)[C@@H](CC(F)(F)F)O[C@@H]2S1. The highest BCUT2D eigenvalue weighted by Gasteiger charge is 2.51. The van der Waals surface area contributed by atoms with Crippen LogP contribution in [-0.4, -0.2) is 57.9 Å². The van der Waals surface area contributed by atoms with E-state index < -0.39 is 42.4 Å². The number of nitrogens with one attached hydrogen (secondary N) is 1. The standard InChI is InChI=1S/C10H15F3N2O3S/c1-2-14-9-15-5-7(17)6(16)4(3-10(11,12)13)18-8(5)19-9/h4-8,16-17H,2-3H2,1H3,(H,14,15)/t4-,5-,6-,7-,8-/m1/s1. The lowest BCUT2D eigenvalue weighted by molar-refractivity contribution is -0.211. The summed E-state index contributed by atoms with van der Waals surface area (Å²) < 4.78 is 42.3. The number of rotatable bonds is 2. The molecule has 0 radical (unpaired) electrons. The van der Waals surface area contributed by atoms with Crippen LogP contribution in [0.5, 0.6) is 0 Å². The molecule has 2 aliphatic heterocycles. The summed E-state index contributed by atoms with van der Waals surface area (Å²) in [6.07, 6.45) is -10.1. The molecule has 0 saturated carbocycles. The molecule has 110 valence electrons. The molecule has 3 N–H and O–H groups in total. The van der Waals surface area contributed by atoms with E-state index >= 15 is 0 Å². The third kappa shape index (κ3) is 3.33. The van der Waals surface area contributed by atoms with Gasteiger partial charge in [-0.25, -0.2) is 0 Å². The second-order valence-corrected chi connectivity index (χ2v) is 5.50. The third-order valence-electron chi connectivity index (χ3n) is 2.95. The van der Waals surface area contributed by atoms with Crippen LogP contribution in [0, 0.1) is 0 Å². The smallest absolute Gasteiger partial charge is 0.388 e. The number of amidine groups is 1. The summed E-state index contributed by atoms with van der Waals surface area (Å²) in [6, 6.07) is -0.644. The van der Waals surface area contributed by atoms with Gasteiger partial charge in [-0.3, -0.25) is 4.99 Å². The zero-order valence-corrected chi connectivity index (χ0v) is 10.9. The van der Waals surface area contributed by atoms with E-state index in [1.165, 1.54) is 0 Å². The minimum Gasteiger partial charge on any atom is -0.388 e. The first kappa shape index (κ1) is 14.9. The largest absolute Gasteiger partial charge is 0.391 e. The second-order valence-electron chi connectivity index (χ2n) is 4.41. The maximum Gasteiger partial charge on any atom is 0.391 e. The molecule has 5 nitrogen and oxygen atoms in total. The minimum absolute atomic E-state index is 0.511. The molecule has 2 fully saturated rings. The van der Waals surface area contributed by atoms with Gasteiger partial charge in [0.25, 0.3) is 0 Å². The molecule has 5 atom stereocenters. The van der Waals surface area contributed by atoms with Crippen LogP contribution in [0.15, 0.2) is 4.99 Å². The molecule has 2 heterocycles. The Bertz CT molecular complexity index is 366. The van der Waals surface area contributed by atoms with Crippen molar-refractivity contribution in [2.75, 3.05) is 6.54 Å². The number of alkyl halides is 3. The summed E-state index contributed by atoms with van der Waals surface area (Å²) >= 11 is 1.13. The number of fused-ring (bicyclic) bond motifs is 1. The van der Waals surface area contributed by atoms with Gasteiger partial charge in [0.2, 0.25) is 0 Å². The molecule has 0 spiro atoms. The molecule has 0 aromatic rings. The van der Waals surface area contributed by atoms with Crippen molar-refractivity contribution in [1.29, 1.82) is 0 Å². The molecule has 19 heavy (non-hydrogen) atoms. The Morgan fingerprint density at radius 1 is 1.37 bits per heavy atom. The van der Waals surface area contributed by atoms with Gasteiger partial charge in [0.05, 0.1) is 18.6 Å². The molecule has 0 aliphatic carbocycles. The fourth-order valence-corrected chi connectivity index (χ4v) is 3.30. The van der Waals surface area contributed by atoms with Gasteiger partial charge in [0.15, 0.2) is 5.17 Å². The van der Waals surface area contributed by atoms with Crippen molar-refractivity contribution in [3.63, 3.8) is 0 Å². The van der Waals surface area contributed by atoms with Crippen LogP contribution in [0.25, 0.3) is 0 Å². The van der Waals surface area contributed by atoms with Gasteiger partial charge in [0.1, 0.15) is 17.6 Å². The van der Waals surface area contributed by atoms with Crippen molar-refractivity contribution < 1.29 is 28.1 Å². The average molecular weight is 300 g/mol. The van der Waals surface area contributed by atoms with E-state index in [-0.39, 0.29) is 0 Å². The Morgan fingerprint density at radius 3 is 2.63 bits per heavy atom. The number of halogens is 3. The maximum absolute atomic E-state index is 12.4. The van der Waals surface area contributed by atoms with E-state index in [2.05, 4.69) is 10.3 Å². The Labute approximate surface area is 112 Å². The van der Waals surface area contributed by atoms with Crippen molar-refractivity contribution in [3.8, 4) is 0 Å². The summed E-state index contributed by atoms with van der Waals surface area (Å²) in [4.78, 5) is 4.08. The van der Waals surface area contributed by atoms with E-state index in [1.54, 1.807) is 0 Å². The molecule has 0 unspecified atom stereocenters. The van der Waals surface area contributed by atoms with Crippen molar-refractivity contribution >= 4 is 16.9 Å². The molecular weight excluding hydrogens is 285 g/mol. The molecule has 9 heteroatoms. The van der Waals surface area contributed by atoms with Crippen molar-refractivity contribution in [1.82, 2.24) is 5.32 Å². The summed E-state index contributed by atoms with van der Waals surface area (Å²) in [5.74, 6) is 0. The lowest BCUT2D eigenvalue weighted by Gasteiger charge is -2.39. The molecule has 2 aliphatic rings. The summed E-state index contributed by atoms with van der Waals surface area (Å²) in [6.45, 7) is 2.33. The Hall–Kier alpha value is -0.510. The molecule has 2 rings (SSSR count). The number of aliphatic hydroxyl groups excluding tert-OH is 2. The van der Waals surface area contributed by atoms with Crippen LogP contribution >= 0.6 is 11.8 Å². The Morgan fingerprint density at radius 2 is 2.05 bits per heavy atom. The van der Waals surface area contributed by atoms with Crippen molar-refractivity contribution in [3.05, 3.63) is 0 Å². The highest BCUT2D eigenvalue weighted by atomic mass is 32.2. The number of hydrogen-bond donors (Lipinski definition) is 3. The first-order chi connectivity index (χ1) is 8.81. The molecule has 0 aromatic heterocycles. The highest BCUT2D eigenvalue weighted by molar-refractivity contribution is 8.14. The van der Waals surface area contributed by atoms with Gasteiger partial charge in [-0.2, -0.15) is 13.2 Å². The minimum atomic E-state index is -4.45. The van der Waals surface area contributed by atoms with Gasteiger partial charge in [-0.1, -0.05) is 11.8 Å². The first-order valence-electron chi connectivity index (χ1n) is 5.88. The van der Waals surface area contributed by atoms with E-state index in [9.17, 15) is 23.4 Å². The molecular formula is C10H15F3N2O3S. The van der Waals surface area contributed by atoms with Crippen molar-refractivity contribution in [2.24, 2.45) is 4.99 Å². The quantitative estimate of drug-likeness (QED) is 0.691. The first-order valence-corrected chi connectivity index (χ1v) is 6.75. The van der Waals surface area contributed by atoms with Gasteiger partial charge >= 0.3 is 6.18 Å². The molecule has 2 saturated heterocycles. The lowest BCUT2D eigenvalue weighted by atomic mass is 9.96. The fourth-order valence-electron chi connectivity index (χ4n) is 2.10. The van der Waals surface area contributed by atoms with Crippen LogP contribution in [0.2, 0.25) is 0 Å². The van der Waals surface area contributed by atoms with Crippen LogP contribution in [0.3, 0.4) is 0 Å². The molecule has 0 amide bonds. The number of nitrogens with zero attached hydrogens (tertiary/aromatic N) is 1. The second kappa shape index (κ2) is 5.47. The zero-order valence-electron chi connectivity index (χ0n) is 10.1.